The zero-order valence-electron chi connectivity index (χ0n) is 8.67. The van der Waals surface area contributed by atoms with E-state index in [0.29, 0.717) is 25.0 Å². The van der Waals surface area contributed by atoms with Crippen LogP contribution in [0.4, 0.5) is 0 Å². The Morgan fingerprint density at radius 2 is 1.50 bits per heavy atom. The average Bonchev–Trinajstić information content (AvgIpc) is 2.10. The summed E-state index contributed by atoms with van der Waals surface area (Å²) < 4.78 is 0. The van der Waals surface area contributed by atoms with Gasteiger partial charge in [-0.05, 0) is 19.3 Å². The molecule has 4 heteroatoms. The van der Waals surface area contributed by atoms with E-state index in [1.165, 1.54) is 0 Å². The number of carbonyl (C=O) groups excluding carboxylic acids is 2. The molecular formula is C10H18NO2W-. The van der Waals surface area contributed by atoms with E-state index in [1.807, 2.05) is 6.92 Å². The van der Waals surface area contributed by atoms with Crippen LogP contribution in [0.5, 0.6) is 0 Å². The van der Waals surface area contributed by atoms with Gasteiger partial charge < -0.3 is 10.5 Å². The molecule has 0 atom stereocenters. The Morgan fingerprint density at radius 1 is 1.00 bits per heavy atom. The van der Waals surface area contributed by atoms with Crippen molar-refractivity contribution in [3.05, 3.63) is 5.73 Å². The SMILES string of the molecule is CCC(=O)CCCCCCC([NH-])=O.[W]. The number of rotatable bonds is 8. The van der Waals surface area contributed by atoms with E-state index in [1.54, 1.807) is 0 Å². The van der Waals surface area contributed by atoms with Gasteiger partial charge in [-0.15, -0.1) is 0 Å². The molecule has 0 aliphatic heterocycles. The molecule has 0 unspecified atom stereocenters. The third kappa shape index (κ3) is 11.8. The second-order valence-corrected chi connectivity index (χ2v) is 3.23. The molecule has 0 saturated carbocycles. The molecule has 0 saturated heterocycles. The Bertz CT molecular complexity index is 172. The molecule has 0 bridgehead atoms. The van der Waals surface area contributed by atoms with Crippen molar-refractivity contribution in [2.75, 3.05) is 0 Å². The summed E-state index contributed by atoms with van der Waals surface area (Å²) in [5.74, 6) is -0.166. The van der Waals surface area contributed by atoms with Crippen LogP contribution in [0.25, 0.3) is 5.73 Å². The van der Waals surface area contributed by atoms with Gasteiger partial charge >= 0.3 is 0 Å². The molecule has 0 aliphatic carbocycles. The van der Waals surface area contributed by atoms with Crippen molar-refractivity contribution in [3.8, 4) is 0 Å². The first-order valence-electron chi connectivity index (χ1n) is 4.93. The fourth-order valence-corrected chi connectivity index (χ4v) is 1.14. The Balaban J connectivity index is 0. The van der Waals surface area contributed by atoms with Crippen LogP contribution in [-0.4, -0.2) is 11.7 Å². The first-order chi connectivity index (χ1) is 6.16. The number of Topliss-reactive ketones (excluding diaryl/α,β-unsaturated/α-hetero) is 1. The Hall–Kier alpha value is -0.172. The summed E-state index contributed by atoms with van der Waals surface area (Å²) in [6.45, 7) is 1.88. The fraction of sp³-hybridized carbons (Fsp3) is 0.800. The molecule has 1 N–H and O–H groups in total. The van der Waals surface area contributed by atoms with E-state index >= 15 is 0 Å². The van der Waals surface area contributed by atoms with E-state index in [4.69, 9.17) is 5.73 Å². The van der Waals surface area contributed by atoms with Crippen molar-refractivity contribution in [1.82, 2.24) is 0 Å². The summed E-state index contributed by atoms with van der Waals surface area (Å²) >= 11 is 0. The fourth-order valence-electron chi connectivity index (χ4n) is 1.14. The van der Waals surface area contributed by atoms with Crippen molar-refractivity contribution in [3.63, 3.8) is 0 Å². The average molecular weight is 368 g/mol. The molecule has 0 aromatic carbocycles. The van der Waals surface area contributed by atoms with Crippen LogP contribution in [0.15, 0.2) is 0 Å². The first kappa shape index (κ1) is 16.3. The van der Waals surface area contributed by atoms with E-state index in [2.05, 4.69) is 0 Å². The van der Waals surface area contributed by atoms with Gasteiger partial charge in [-0.25, -0.2) is 0 Å². The summed E-state index contributed by atoms with van der Waals surface area (Å²) in [5.41, 5.74) is 6.66. The zero-order valence-corrected chi connectivity index (χ0v) is 11.6. The normalized spacial score (nSPS) is 9.21. The molecule has 3 nitrogen and oxygen atoms in total. The minimum atomic E-state index is -0.482. The van der Waals surface area contributed by atoms with Crippen LogP contribution in [0, 0.1) is 0 Å². The van der Waals surface area contributed by atoms with Crippen LogP contribution in [0.3, 0.4) is 0 Å². The van der Waals surface area contributed by atoms with Gasteiger partial charge in [0.1, 0.15) is 5.78 Å². The predicted octanol–water partition coefficient (Wildman–Crippen LogP) is 2.88. The summed E-state index contributed by atoms with van der Waals surface area (Å²) in [6, 6.07) is 0. The monoisotopic (exact) mass is 368 g/mol. The minimum Gasteiger partial charge on any atom is -0.668 e. The van der Waals surface area contributed by atoms with Gasteiger partial charge in [0.2, 0.25) is 0 Å². The zero-order chi connectivity index (χ0) is 10.1. The molecule has 0 aliphatic rings. The number of ketones is 1. The molecule has 0 fully saturated rings. The van der Waals surface area contributed by atoms with Gasteiger partial charge in [-0.2, -0.15) is 0 Å². The van der Waals surface area contributed by atoms with Gasteiger partial charge in [-0.3, -0.25) is 4.79 Å². The largest absolute Gasteiger partial charge is 0.668 e. The minimum absolute atomic E-state index is 0. The van der Waals surface area contributed by atoms with Crippen LogP contribution in [0.2, 0.25) is 0 Å². The maximum atomic E-state index is 10.9. The molecule has 0 aromatic heterocycles. The molecule has 0 heterocycles. The summed E-state index contributed by atoms with van der Waals surface area (Å²) in [6.07, 6.45) is 5.35. The maximum absolute atomic E-state index is 10.9. The molecule has 0 radical (unpaired) electrons. The molecule has 0 rings (SSSR count). The van der Waals surface area contributed by atoms with Crippen LogP contribution >= 0.6 is 0 Å². The van der Waals surface area contributed by atoms with Crippen molar-refractivity contribution >= 4 is 11.7 Å². The number of carbonyl (C=O) groups is 2. The topological polar surface area (TPSA) is 57.9 Å². The second-order valence-electron chi connectivity index (χ2n) is 3.23. The summed E-state index contributed by atoms with van der Waals surface area (Å²) in [5, 5.41) is 0. The van der Waals surface area contributed by atoms with Crippen molar-refractivity contribution in [2.45, 2.75) is 51.9 Å². The molecule has 1 amide bonds. The maximum Gasteiger partial charge on any atom is 0.132 e. The van der Waals surface area contributed by atoms with Crippen molar-refractivity contribution in [2.24, 2.45) is 0 Å². The number of unbranched alkanes of at least 4 members (excludes halogenated alkanes) is 3. The summed E-state index contributed by atoms with van der Waals surface area (Å²) in [7, 11) is 0. The number of amides is 1. The molecule has 0 aromatic rings. The Kier molecular flexibility index (Phi) is 12.7. The van der Waals surface area contributed by atoms with E-state index in [-0.39, 0.29) is 21.1 Å². The third-order valence-electron chi connectivity index (χ3n) is 2.00. The molecule has 0 spiro atoms. The van der Waals surface area contributed by atoms with E-state index in [0.717, 1.165) is 25.7 Å². The van der Waals surface area contributed by atoms with Gasteiger partial charge in [0.15, 0.2) is 0 Å². The van der Waals surface area contributed by atoms with Gasteiger partial charge in [-0.1, -0.05) is 19.8 Å². The molecule has 14 heavy (non-hydrogen) atoms. The third-order valence-corrected chi connectivity index (χ3v) is 2.00. The molecule has 82 valence electrons. The van der Waals surface area contributed by atoms with Crippen LogP contribution < -0.4 is 0 Å². The van der Waals surface area contributed by atoms with Gasteiger partial charge in [0, 0.05) is 39.8 Å². The van der Waals surface area contributed by atoms with E-state index < -0.39 is 5.91 Å². The first-order valence-corrected chi connectivity index (χ1v) is 4.93. The van der Waals surface area contributed by atoms with Gasteiger partial charge in [0.05, 0.1) is 0 Å². The smallest absolute Gasteiger partial charge is 0.132 e. The van der Waals surface area contributed by atoms with Crippen LogP contribution in [0.1, 0.15) is 51.9 Å². The van der Waals surface area contributed by atoms with Crippen LogP contribution in [-0.2, 0) is 30.7 Å². The Morgan fingerprint density at radius 3 is 1.93 bits per heavy atom. The standard InChI is InChI=1S/C10H19NO2.W/c1-2-9(12)7-5-3-4-6-8-10(11)13;/h2-8H2,1H3,(H2,11,13);/p-1. The Labute approximate surface area is 100 Å². The summed E-state index contributed by atoms with van der Waals surface area (Å²) in [4.78, 5) is 21.1. The molecular weight excluding hydrogens is 350 g/mol. The predicted molar refractivity (Wildman–Crippen MR) is 52.3 cm³/mol. The van der Waals surface area contributed by atoms with E-state index in [9.17, 15) is 9.59 Å². The van der Waals surface area contributed by atoms with Crippen molar-refractivity contribution < 1.29 is 30.7 Å². The quantitative estimate of drug-likeness (QED) is 0.619. The number of nitrogens with one attached hydrogen (secondary N) is 1. The van der Waals surface area contributed by atoms with Crippen molar-refractivity contribution in [1.29, 1.82) is 0 Å². The number of hydrogen-bond acceptors (Lipinski definition) is 2. The second kappa shape index (κ2) is 10.9. The van der Waals surface area contributed by atoms with Gasteiger partial charge in [0.25, 0.3) is 0 Å². The number of hydrogen-bond donors (Lipinski definition) is 0.